The molecule has 3 heterocycles. The van der Waals surface area contributed by atoms with Crippen molar-refractivity contribution in [1.29, 1.82) is 0 Å². The van der Waals surface area contributed by atoms with Gasteiger partial charge in [0.1, 0.15) is 5.82 Å². The number of aromatic nitrogens is 4. The smallest absolute Gasteiger partial charge is 0.193 e. The quantitative estimate of drug-likeness (QED) is 0.678. The molecular weight excluding hydrogens is 311 g/mol. The van der Waals surface area contributed by atoms with Crippen molar-refractivity contribution in [2.75, 3.05) is 6.26 Å². The largest absolute Gasteiger partial charge is 0.294 e. The maximum absolute atomic E-state index is 13.7. The number of imidazole rings is 1. The number of carbonyl (C=O) groups excluding carboxylic acids is 1. The second kappa shape index (κ2) is 4.73. The summed E-state index contributed by atoms with van der Waals surface area (Å²) in [6, 6.07) is 2.54. The number of Topliss-reactive ketones (excluding diaryl/α,β-unsaturated/α-hetero) is 1. The van der Waals surface area contributed by atoms with E-state index in [1.165, 1.54) is 42.0 Å². The molecule has 114 valence electrons. The van der Waals surface area contributed by atoms with Gasteiger partial charge >= 0.3 is 0 Å². The Morgan fingerprint density at radius 3 is 2.68 bits per heavy atom. The average Bonchev–Trinajstić information content (AvgIpc) is 3.05. The summed E-state index contributed by atoms with van der Waals surface area (Å²) in [7, 11) is -3.72. The number of nitrogens with zero attached hydrogens (tertiary/aromatic N) is 4. The van der Waals surface area contributed by atoms with Crippen molar-refractivity contribution in [3.63, 3.8) is 0 Å². The van der Waals surface area contributed by atoms with Crippen LogP contribution in [-0.4, -0.2) is 39.6 Å². The molecule has 0 aromatic carbocycles. The summed E-state index contributed by atoms with van der Waals surface area (Å²) in [5.41, 5.74) is 0.0249. The normalized spacial score (nSPS) is 12.0. The minimum atomic E-state index is -3.72. The molecule has 0 unspecified atom stereocenters. The minimum absolute atomic E-state index is 0.0138. The molecule has 0 saturated heterocycles. The van der Waals surface area contributed by atoms with E-state index in [2.05, 4.69) is 10.1 Å². The number of ketones is 1. The summed E-state index contributed by atoms with van der Waals surface area (Å²) in [5.74, 6) is -0.703. The van der Waals surface area contributed by atoms with Gasteiger partial charge in [-0.25, -0.2) is 22.5 Å². The van der Waals surface area contributed by atoms with Gasteiger partial charge in [-0.1, -0.05) is 0 Å². The van der Waals surface area contributed by atoms with E-state index in [4.69, 9.17) is 0 Å². The highest BCUT2D eigenvalue weighted by Crippen LogP contribution is 2.22. The van der Waals surface area contributed by atoms with Crippen LogP contribution in [0.15, 0.2) is 35.7 Å². The monoisotopic (exact) mass is 322 g/mol. The summed E-state index contributed by atoms with van der Waals surface area (Å²) >= 11 is 0. The SMILES string of the molecule is CC(=O)c1cnn(-c2ccc(F)c3nccn23)c1S(C)(=O)=O. The fraction of sp³-hybridized carbons (Fsp3) is 0.154. The third kappa shape index (κ3) is 2.10. The topological polar surface area (TPSA) is 86.3 Å². The van der Waals surface area contributed by atoms with Crippen LogP contribution in [0.2, 0.25) is 0 Å². The Morgan fingerprint density at radius 2 is 2.05 bits per heavy atom. The summed E-state index contributed by atoms with van der Waals surface area (Å²) < 4.78 is 40.2. The number of hydrogen-bond donors (Lipinski definition) is 0. The Morgan fingerprint density at radius 1 is 1.32 bits per heavy atom. The summed E-state index contributed by atoms with van der Waals surface area (Å²) in [5, 5.41) is 3.74. The third-order valence-corrected chi connectivity index (χ3v) is 4.25. The lowest BCUT2D eigenvalue weighted by molar-refractivity contribution is 0.101. The van der Waals surface area contributed by atoms with Gasteiger partial charge < -0.3 is 0 Å². The number of halogens is 1. The predicted molar refractivity (Wildman–Crippen MR) is 75.4 cm³/mol. The van der Waals surface area contributed by atoms with Crippen LogP contribution in [0.25, 0.3) is 11.5 Å². The molecule has 0 N–H and O–H groups in total. The molecule has 3 aromatic heterocycles. The number of fused-ring (bicyclic) bond motifs is 1. The lowest BCUT2D eigenvalue weighted by Crippen LogP contribution is -2.13. The number of sulfone groups is 1. The molecule has 0 bridgehead atoms. The van der Waals surface area contributed by atoms with E-state index >= 15 is 0 Å². The highest BCUT2D eigenvalue weighted by molar-refractivity contribution is 7.90. The number of carbonyl (C=O) groups is 1. The molecule has 0 atom stereocenters. The molecule has 7 nitrogen and oxygen atoms in total. The Labute approximate surface area is 124 Å². The average molecular weight is 322 g/mol. The molecule has 0 aliphatic heterocycles. The van der Waals surface area contributed by atoms with Crippen LogP contribution in [0.4, 0.5) is 4.39 Å². The van der Waals surface area contributed by atoms with Gasteiger partial charge in [-0.3, -0.25) is 9.20 Å². The van der Waals surface area contributed by atoms with Crippen LogP contribution in [-0.2, 0) is 9.84 Å². The first-order chi connectivity index (χ1) is 10.3. The Bertz CT molecular complexity index is 1000. The van der Waals surface area contributed by atoms with Gasteiger partial charge in [-0.15, -0.1) is 0 Å². The maximum Gasteiger partial charge on any atom is 0.193 e. The fourth-order valence-corrected chi connectivity index (χ4v) is 3.29. The lowest BCUT2D eigenvalue weighted by atomic mass is 10.3. The molecular formula is C13H11FN4O3S. The van der Waals surface area contributed by atoms with Crippen molar-refractivity contribution < 1.29 is 17.6 Å². The van der Waals surface area contributed by atoms with Gasteiger partial charge in [-0.05, 0) is 19.1 Å². The van der Waals surface area contributed by atoms with Gasteiger partial charge in [0.25, 0.3) is 0 Å². The Kier molecular flexibility index (Phi) is 3.10. The second-order valence-electron chi connectivity index (χ2n) is 4.76. The Hall–Kier alpha value is -2.55. The molecule has 0 aliphatic carbocycles. The molecule has 0 amide bonds. The fourth-order valence-electron chi connectivity index (χ4n) is 2.24. The third-order valence-electron chi connectivity index (χ3n) is 3.15. The van der Waals surface area contributed by atoms with E-state index < -0.39 is 21.4 Å². The number of hydrogen-bond acceptors (Lipinski definition) is 5. The van der Waals surface area contributed by atoms with Crippen molar-refractivity contribution >= 4 is 21.3 Å². The molecule has 9 heteroatoms. The van der Waals surface area contributed by atoms with E-state index in [0.717, 1.165) is 10.9 Å². The summed E-state index contributed by atoms with van der Waals surface area (Å²) in [6.07, 6.45) is 5.04. The molecule has 0 fully saturated rings. The lowest BCUT2D eigenvalue weighted by Gasteiger charge is -2.09. The summed E-state index contributed by atoms with van der Waals surface area (Å²) in [6.45, 7) is 1.26. The predicted octanol–water partition coefficient (Wildman–Crippen LogP) is 1.27. The highest BCUT2D eigenvalue weighted by Gasteiger charge is 2.25. The molecule has 0 spiro atoms. The maximum atomic E-state index is 13.7. The first kappa shape index (κ1) is 14.4. The van der Waals surface area contributed by atoms with Crippen molar-refractivity contribution in [2.24, 2.45) is 0 Å². The van der Waals surface area contributed by atoms with Crippen LogP contribution >= 0.6 is 0 Å². The standard InChI is InChI=1S/C13H11FN4O3S/c1-8(19)9-7-16-18(13(9)22(2,20)21)11-4-3-10(14)12-15-5-6-17(11)12/h3-7H,1-2H3. The van der Waals surface area contributed by atoms with Crippen LogP contribution in [0.5, 0.6) is 0 Å². The van der Waals surface area contributed by atoms with Crippen LogP contribution < -0.4 is 0 Å². The van der Waals surface area contributed by atoms with E-state index in [9.17, 15) is 17.6 Å². The summed E-state index contributed by atoms with van der Waals surface area (Å²) in [4.78, 5) is 15.5. The van der Waals surface area contributed by atoms with Gasteiger partial charge in [-0.2, -0.15) is 5.10 Å². The number of pyridine rings is 1. The molecule has 3 rings (SSSR count). The minimum Gasteiger partial charge on any atom is -0.294 e. The van der Waals surface area contributed by atoms with Gasteiger partial charge in [0.05, 0.1) is 11.8 Å². The van der Waals surface area contributed by atoms with Crippen molar-refractivity contribution in [2.45, 2.75) is 11.9 Å². The van der Waals surface area contributed by atoms with Crippen LogP contribution in [0.3, 0.4) is 0 Å². The van der Waals surface area contributed by atoms with Crippen LogP contribution in [0.1, 0.15) is 17.3 Å². The van der Waals surface area contributed by atoms with Gasteiger partial charge in [0, 0.05) is 18.6 Å². The van der Waals surface area contributed by atoms with Gasteiger partial charge in [0.2, 0.25) is 0 Å². The zero-order valence-electron chi connectivity index (χ0n) is 11.7. The van der Waals surface area contributed by atoms with E-state index in [1.54, 1.807) is 0 Å². The van der Waals surface area contributed by atoms with Crippen molar-refractivity contribution in [3.8, 4) is 5.82 Å². The second-order valence-corrected chi connectivity index (χ2v) is 6.69. The van der Waals surface area contributed by atoms with E-state index in [0.29, 0.717) is 0 Å². The molecule has 3 aromatic rings. The van der Waals surface area contributed by atoms with Crippen molar-refractivity contribution in [1.82, 2.24) is 19.2 Å². The van der Waals surface area contributed by atoms with Crippen molar-refractivity contribution in [3.05, 3.63) is 42.1 Å². The molecule has 0 aliphatic rings. The zero-order chi connectivity index (χ0) is 16.1. The van der Waals surface area contributed by atoms with Gasteiger partial charge in [0.15, 0.2) is 32.1 Å². The first-order valence-corrected chi connectivity index (χ1v) is 8.11. The van der Waals surface area contributed by atoms with Crippen LogP contribution in [0, 0.1) is 5.82 Å². The van der Waals surface area contributed by atoms with E-state index in [1.807, 2.05) is 0 Å². The Balaban J connectivity index is 2.40. The molecule has 0 radical (unpaired) electrons. The highest BCUT2D eigenvalue weighted by atomic mass is 32.2. The number of rotatable bonds is 3. The molecule has 0 saturated carbocycles. The van der Waals surface area contributed by atoms with E-state index in [-0.39, 0.29) is 22.1 Å². The molecule has 22 heavy (non-hydrogen) atoms. The zero-order valence-corrected chi connectivity index (χ0v) is 12.5. The first-order valence-electron chi connectivity index (χ1n) is 6.21.